The Labute approximate surface area is 241 Å². The van der Waals surface area contributed by atoms with Crippen molar-refractivity contribution in [3.63, 3.8) is 0 Å². The summed E-state index contributed by atoms with van der Waals surface area (Å²) in [6.07, 6.45) is 4.90. The standard InChI is InChI=1S/C33H41F3N2O3/c1-5-7-8-9-12-20-33(4,36)32(39)40-26-18-16-24(17-19-26)25-21-37-31(38-22-25)27-14-10-11-15-28(27)41-29(13-6-2)30(35)23(3)34/h10-11,14-19,21-23,29-30H,5-9,12-13,20H2,1-4H3. The molecule has 5 nitrogen and oxygen atoms in total. The highest BCUT2D eigenvalue weighted by Crippen LogP contribution is 2.31. The summed E-state index contributed by atoms with van der Waals surface area (Å²) in [5.41, 5.74) is 0.0209. The largest absolute Gasteiger partial charge is 0.487 e. The van der Waals surface area contributed by atoms with Crippen LogP contribution in [-0.4, -0.2) is 40.1 Å². The van der Waals surface area contributed by atoms with Gasteiger partial charge in [-0.2, -0.15) is 0 Å². The summed E-state index contributed by atoms with van der Waals surface area (Å²) in [7, 11) is 0. The van der Waals surface area contributed by atoms with Gasteiger partial charge in [0, 0.05) is 18.0 Å². The number of aromatic nitrogens is 2. The van der Waals surface area contributed by atoms with Crippen LogP contribution in [0.3, 0.4) is 0 Å². The molecule has 8 heteroatoms. The predicted molar refractivity (Wildman–Crippen MR) is 156 cm³/mol. The third kappa shape index (κ3) is 9.30. The highest BCUT2D eigenvalue weighted by atomic mass is 19.2. The number of benzene rings is 2. The topological polar surface area (TPSA) is 61.3 Å². The summed E-state index contributed by atoms with van der Waals surface area (Å²) in [5.74, 6) is 0.128. The van der Waals surface area contributed by atoms with Crippen LogP contribution < -0.4 is 9.47 Å². The number of unbranched alkanes of at least 4 members (excludes halogenated alkanes) is 4. The zero-order chi connectivity index (χ0) is 29.8. The fourth-order valence-electron chi connectivity index (χ4n) is 4.49. The van der Waals surface area contributed by atoms with Crippen molar-refractivity contribution in [1.29, 1.82) is 0 Å². The number of hydrogen-bond donors (Lipinski definition) is 0. The molecular formula is C33H41F3N2O3. The number of esters is 1. The average molecular weight is 571 g/mol. The Morgan fingerprint density at radius 2 is 1.56 bits per heavy atom. The van der Waals surface area contributed by atoms with E-state index in [9.17, 15) is 18.0 Å². The molecule has 3 aromatic rings. The molecule has 2 aromatic carbocycles. The van der Waals surface area contributed by atoms with E-state index >= 15 is 0 Å². The first-order valence-corrected chi connectivity index (χ1v) is 14.5. The molecule has 41 heavy (non-hydrogen) atoms. The number of para-hydroxylation sites is 1. The van der Waals surface area contributed by atoms with Gasteiger partial charge >= 0.3 is 5.97 Å². The van der Waals surface area contributed by atoms with Crippen molar-refractivity contribution in [2.45, 2.75) is 103 Å². The Morgan fingerprint density at radius 1 is 0.902 bits per heavy atom. The highest BCUT2D eigenvalue weighted by molar-refractivity contribution is 5.81. The predicted octanol–water partition coefficient (Wildman–Crippen LogP) is 9.05. The van der Waals surface area contributed by atoms with E-state index in [0.717, 1.165) is 31.2 Å². The number of hydrogen-bond acceptors (Lipinski definition) is 5. The number of nitrogens with zero attached hydrogens (tertiary/aromatic N) is 2. The van der Waals surface area contributed by atoms with E-state index in [4.69, 9.17) is 9.47 Å². The minimum Gasteiger partial charge on any atom is -0.487 e. The van der Waals surface area contributed by atoms with Crippen LogP contribution in [0, 0.1) is 0 Å². The summed E-state index contributed by atoms with van der Waals surface area (Å²) < 4.78 is 54.3. The molecule has 0 bridgehead atoms. The van der Waals surface area contributed by atoms with E-state index < -0.39 is 30.1 Å². The van der Waals surface area contributed by atoms with Gasteiger partial charge in [-0.25, -0.2) is 27.9 Å². The van der Waals surface area contributed by atoms with E-state index in [1.165, 1.54) is 13.8 Å². The Bertz CT molecular complexity index is 1220. The summed E-state index contributed by atoms with van der Waals surface area (Å²) >= 11 is 0. The van der Waals surface area contributed by atoms with Crippen molar-refractivity contribution in [3.05, 3.63) is 60.9 Å². The van der Waals surface area contributed by atoms with Crippen LogP contribution in [0.4, 0.5) is 13.2 Å². The maximum absolute atomic E-state index is 14.9. The van der Waals surface area contributed by atoms with Crippen LogP contribution in [0.15, 0.2) is 60.9 Å². The van der Waals surface area contributed by atoms with Crippen molar-refractivity contribution < 1.29 is 27.4 Å². The monoisotopic (exact) mass is 570 g/mol. The molecule has 0 saturated carbocycles. The fourth-order valence-corrected chi connectivity index (χ4v) is 4.49. The van der Waals surface area contributed by atoms with Gasteiger partial charge in [-0.1, -0.05) is 70.2 Å². The van der Waals surface area contributed by atoms with Gasteiger partial charge in [-0.15, -0.1) is 0 Å². The molecule has 0 aliphatic carbocycles. The molecule has 0 aliphatic rings. The van der Waals surface area contributed by atoms with Gasteiger partial charge < -0.3 is 9.47 Å². The van der Waals surface area contributed by atoms with Crippen LogP contribution in [-0.2, 0) is 4.79 Å². The maximum atomic E-state index is 14.9. The van der Waals surface area contributed by atoms with Crippen molar-refractivity contribution in [2.24, 2.45) is 0 Å². The molecular weight excluding hydrogens is 529 g/mol. The van der Waals surface area contributed by atoms with Crippen molar-refractivity contribution in [3.8, 4) is 34.0 Å². The second-order valence-electron chi connectivity index (χ2n) is 10.6. The first kappa shape index (κ1) is 32.1. The van der Waals surface area contributed by atoms with Gasteiger partial charge in [0.2, 0.25) is 5.67 Å². The van der Waals surface area contributed by atoms with E-state index in [2.05, 4.69) is 16.9 Å². The molecule has 0 fully saturated rings. The fraction of sp³-hybridized carbons (Fsp3) is 0.485. The Morgan fingerprint density at radius 3 is 2.20 bits per heavy atom. The summed E-state index contributed by atoms with van der Waals surface area (Å²) in [6, 6.07) is 13.7. The lowest BCUT2D eigenvalue weighted by molar-refractivity contribution is -0.147. The van der Waals surface area contributed by atoms with Crippen LogP contribution in [0.25, 0.3) is 22.5 Å². The Kier molecular flexibility index (Phi) is 12.2. The van der Waals surface area contributed by atoms with Gasteiger partial charge in [0.15, 0.2) is 12.0 Å². The second kappa shape index (κ2) is 15.5. The Hall–Kier alpha value is -3.42. The van der Waals surface area contributed by atoms with Crippen molar-refractivity contribution >= 4 is 5.97 Å². The molecule has 1 aromatic heterocycles. The molecule has 3 rings (SSSR count). The molecule has 0 radical (unpaired) electrons. The first-order valence-electron chi connectivity index (χ1n) is 14.5. The maximum Gasteiger partial charge on any atom is 0.348 e. The molecule has 4 unspecified atom stereocenters. The van der Waals surface area contributed by atoms with Crippen molar-refractivity contribution in [2.75, 3.05) is 0 Å². The third-order valence-corrected chi connectivity index (χ3v) is 7.00. The minimum absolute atomic E-state index is 0.133. The van der Waals surface area contributed by atoms with Gasteiger partial charge in [-0.3, -0.25) is 0 Å². The van der Waals surface area contributed by atoms with E-state index in [0.29, 0.717) is 42.0 Å². The number of carbonyl (C=O) groups excluding carboxylic acids is 1. The van der Waals surface area contributed by atoms with Gasteiger partial charge in [-0.05, 0) is 62.9 Å². The highest BCUT2D eigenvalue weighted by Gasteiger charge is 2.34. The number of carbonyl (C=O) groups is 1. The summed E-state index contributed by atoms with van der Waals surface area (Å²) in [5, 5.41) is 0. The van der Waals surface area contributed by atoms with E-state index in [1.54, 1.807) is 60.9 Å². The minimum atomic E-state index is -2.04. The Balaban J connectivity index is 1.67. The number of rotatable bonds is 16. The zero-order valence-electron chi connectivity index (χ0n) is 24.4. The molecule has 4 atom stereocenters. The lowest BCUT2D eigenvalue weighted by Crippen LogP contribution is -2.34. The summed E-state index contributed by atoms with van der Waals surface area (Å²) in [6.45, 7) is 6.47. The smallest absolute Gasteiger partial charge is 0.348 e. The number of ether oxygens (including phenoxy) is 2. The van der Waals surface area contributed by atoms with Crippen LogP contribution in [0.1, 0.15) is 79.1 Å². The van der Waals surface area contributed by atoms with Crippen molar-refractivity contribution in [1.82, 2.24) is 9.97 Å². The van der Waals surface area contributed by atoms with E-state index in [1.807, 2.05) is 6.92 Å². The quantitative estimate of drug-likeness (QED) is 0.0977. The molecule has 0 amide bonds. The third-order valence-electron chi connectivity index (χ3n) is 7.00. The van der Waals surface area contributed by atoms with Gasteiger partial charge in [0.05, 0.1) is 5.56 Å². The number of halogens is 3. The number of alkyl halides is 3. The lowest BCUT2D eigenvalue weighted by Gasteiger charge is -2.24. The van der Waals surface area contributed by atoms with Gasteiger partial charge in [0.25, 0.3) is 0 Å². The van der Waals surface area contributed by atoms with Crippen LogP contribution >= 0.6 is 0 Å². The molecule has 222 valence electrons. The molecule has 0 N–H and O–H groups in total. The lowest BCUT2D eigenvalue weighted by atomic mass is 9.99. The van der Waals surface area contributed by atoms with Gasteiger partial charge in [0.1, 0.15) is 23.8 Å². The zero-order valence-corrected chi connectivity index (χ0v) is 24.4. The SMILES string of the molecule is CCCCCCCC(C)(F)C(=O)Oc1ccc(-c2cnc(-c3ccccc3OC(CCC)C(F)C(C)F)nc2)cc1. The first-order chi connectivity index (χ1) is 19.7. The van der Waals surface area contributed by atoms with Crippen LogP contribution in [0.2, 0.25) is 0 Å². The second-order valence-corrected chi connectivity index (χ2v) is 10.6. The molecule has 0 saturated heterocycles. The van der Waals surface area contributed by atoms with Crippen LogP contribution in [0.5, 0.6) is 11.5 Å². The molecule has 0 aliphatic heterocycles. The average Bonchev–Trinajstić information content (AvgIpc) is 2.97. The molecule has 1 heterocycles. The normalized spacial score (nSPS) is 15.0. The summed E-state index contributed by atoms with van der Waals surface area (Å²) in [4.78, 5) is 21.4. The molecule has 0 spiro atoms. The van der Waals surface area contributed by atoms with E-state index in [-0.39, 0.29) is 12.2 Å².